The molecule has 11 heavy (non-hydrogen) atoms. The van der Waals surface area contributed by atoms with E-state index in [1.807, 2.05) is 19.1 Å². The molecule has 0 aliphatic heterocycles. The topological polar surface area (TPSA) is 37.3 Å². The van der Waals surface area contributed by atoms with Gasteiger partial charge in [-0.3, -0.25) is 4.79 Å². The second-order valence-electron chi connectivity index (χ2n) is 2.98. The van der Waals surface area contributed by atoms with Crippen LogP contribution < -0.4 is 0 Å². The molecule has 2 atom stereocenters. The van der Waals surface area contributed by atoms with E-state index in [0.717, 1.165) is 5.57 Å². The molecule has 2 heteroatoms. The van der Waals surface area contributed by atoms with Gasteiger partial charge < -0.3 is 5.11 Å². The van der Waals surface area contributed by atoms with Gasteiger partial charge in [-0.1, -0.05) is 24.3 Å². The smallest absolute Gasteiger partial charge is 0.307 e. The van der Waals surface area contributed by atoms with Gasteiger partial charge in [0.25, 0.3) is 0 Å². The zero-order valence-electron chi connectivity index (χ0n) is 6.58. The molecule has 0 heterocycles. The van der Waals surface area contributed by atoms with E-state index in [4.69, 9.17) is 5.11 Å². The lowest BCUT2D eigenvalue weighted by Crippen LogP contribution is -2.18. The summed E-state index contributed by atoms with van der Waals surface area (Å²) in [6.07, 6.45) is 4.49. The van der Waals surface area contributed by atoms with Gasteiger partial charge in [0.1, 0.15) is 0 Å². The van der Waals surface area contributed by atoms with Crippen molar-refractivity contribution in [2.45, 2.75) is 13.3 Å². The number of allylic oxidation sites excluding steroid dienone is 3. The van der Waals surface area contributed by atoms with Crippen molar-refractivity contribution in [1.29, 1.82) is 0 Å². The summed E-state index contributed by atoms with van der Waals surface area (Å²) in [5, 5.41) is 8.75. The zero-order chi connectivity index (χ0) is 8.43. The summed E-state index contributed by atoms with van der Waals surface area (Å²) in [6, 6.07) is 0. The Bertz CT molecular complexity index is 216. The first-order valence-corrected chi connectivity index (χ1v) is 3.68. The molecule has 0 fully saturated rings. The van der Waals surface area contributed by atoms with Crippen LogP contribution in [0.1, 0.15) is 13.3 Å². The second kappa shape index (κ2) is 2.91. The van der Waals surface area contributed by atoms with Crippen molar-refractivity contribution in [1.82, 2.24) is 0 Å². The molecule has 2 unspecified atom stereocenters. The summed E-state index contributed by atoms with van der Waals surface area (Å²) in [7, 11) is 0. The molecule has 1 rings (SSSR count). The first-order chi connectivity index (χ1) is 5.13. The monoisotopic (exact) mass is 152 g/mol. The molecule has 0 saturated carbocycles. The van der Waals surface area contributed by atoms with Crippen LogP contribution >= 0.6 is 0 Å². The first kappa shape index (κ1) is 8.05. The molecule has 1 N–H and O–H groups in total. The number of hydrogen-bond donors (Lipinski definition) is 1. The van der Waals surface area contributed by atoms with Gasteiger partial charge in [-0.2, -0.15) is 0 Å². The fraction of sp³-hybridized carbons (Fsp3) is 0.444. The van der Waals surface area contributed by atoms with Crippen molar-refractivity contribution in [3.63, 3.8) is 0 Å². The van der Waals surface area contributed by atoms with Gasteiger partial charge in [-0.05, 0) is 13.3 Å². The Kier molecular flexibility index (Phi) is 2.13. The average molecular weight is 152 g/mol. The summed E-state index contributed by atoms with van der Waals surface area (Å²) in [4.78, 5) is 10.6. The van der Waals surface area contributed by atoms with Crippen LogP contribution in [0.25, 0.3) is 0 Å². The van der Waals surface area contributed by atoms with Crippen LogP contribution in [0.3, 0.4) is 0 Å². The second-order valence-corrected chi connectivity index (χ2v) is 2.98. The molecule has 0 saturated heterocycles. The van der Waals surface area contributed by atoms with Crippen molar-refractivity contribution < 1.29 is 9.90 Å². The maximum absolute atomic E-state index is 10.6. The van der Waals surface area contributed by atoms with Gasteiger partial charge in [-0.25, -0.2) is 0 Å². The van der Waals surface area contributed by atoms with Crippen LogP contribution in [0, 0.1) is 11.8 Å². The highest BCUT2D eigenvalue weighted by Crippen LogP contribution is 2.30. The van der Waals surface area contributed by atoms with Crippen LogP contribution in [0.5, 0.6) is 0 Å². The quantitative estimate of drug-likeness (QED) is 0.613. The van der Waals surface area contributed by atoms with Crippen LogP contribution in [-0.2, 0) is 4.79 Å². The fourth-order valence-electron chi connectivity index (χ4n) is 1.41. The Morgan fingerprint density at radius 1 is 1.73 bits per heavy atom. The highest BCUT2D eigenvalue weighted by Gasteiger charge is 2.28. The lowest BCUT2D eigenvalue weighted by Gasteiger charge is -2.14. The predicted octanol–water partition coefficient (Wildman–Crippen LogP) is 1.84. The van der Waals surface area contributed by atoms with E-state index in [1.54, 1.807) is 0 Å². The lowest BCUT2D eigenvalue weighted by molar-refractivity contribution is -0.142. The van der Waals surface area contributed by atoms with Gasteiger partial charge in [0.05, 0.1) is 5.92 Å². The van der Waals surface area contributed by atoms with E-state index in [0.29, 0.717) is 6.42 Å². The maximum atomic E-state index is 10.6. The number of hydrogen-bond acceptors (Lipinski definition) is 1. The molecule has 1 aliphatic carbocycles. The Labute approximate surface area is 66.2 Å². The molecular weight excluding hydrogens is 140 g/mol. The molecule has 0 aromatic carbocycles. The van der Waals surface area contributed by atoms with Gasteiger partial charge in [0, 0.05) is 5.92 Å². The molecule has 60 valence electrons. The number of aliphatic carboxylic acids is 1. The predicted molar refractivity (Wildman–Crippen MR) is 43.2 cm³/mol. The van der Waals surface area contributed by atoms with Crippen molar-refractivity contribution in [3.8, 4) is 0 Å². The van der Waals surface area contributed by atoms with E-state index < -0.39 is 5.97 Å². The Morgan fingerprint density at radius 3 is 2.73 bits per heavy atom. The van der Waals surface area contributed by atoms with Gasteiger partial charge >= 0.3 is 5.97 Å². The molecule has 1 aliphatic rings. The fourth-order valence-corrected chi connectivity index (χ4v) is 1.41. The van der Waals surface area contributed by atoms with Crippen molar-refractivity contribution in [2.24, 2.45) is 11.8 Å². The number of carboxylic acid groups (broad SMARTS) is 1. The minimum absolute atomic E-state index is 0.0486. The van der Waals surface area contributed by atoms with Crippen LogP contribution in [0.2, 0.25) is 0 Å². The Balaban J connectivity index is 2.71. The largest absolute Gasteiger partial charge is 0.481 e. The van der Waals surface area contributed by atoms with Gasteiger partial charge in [0.2, 0.25) is 0 Å². The standard InChI is InChI=1S/C9H12O2/c1-6(2)7-4-3-5-8(7)9(10)11/h3-4,7-8H,1,5H2,2H3,(H,10,11). The third-order valence-corrected chi connectivity index (χ3v) is 2.05. The van der Waals surface area contributed by atoms with Crippen LogP contribution in [-0.4, -0.2) is 11.1 Å². The summed E-state index contributed by atoms with van der Waals surface area (Å²) < 4.78 is 0. The molecule has 0 radical (unpaired) electrons. The van der Waals surface area contributed by atoms with E-state index in [1.165, 1.54) is 0 Å². The van der Waals surface area contributed by atoms with E-state index in [9.17, 15) is 4.79 Å². The summed E-state index contributed by atoms with van der Waals surface area (Å²) >= 11 is 0. The highest BCUT2D eigenvalue weighted by molar-refractivity contribution is 5.72. The van der Waals surface area contributed by atoms with E-state index in [2.05, 4.69) is 6.58 Å². The third-order valence-electron chi connectivity index (χ3n) is 2.05. The third kappa shape index (κ3) is 1.50. The van der Waals surface area contributed by atoms with E-state index in [-0.39, 0.29) is 11.8 Å². The average Bonchev–Trinajstić information content (AvgIpc) is 2.32. The molecule has 2 nitrogen and oxygen atoms in total. The number of carbonyl (C=O) groups is 1. The Morgan fingerprint density at radius 2 is 2.36 bits per heavy atom. The zero-order valence-corrected chi connectivity index (χ0v) is 6.58. The number of rotatable bonds is 2. The lowest BCUT2D eigenvalue weighted by atomic mass is 9.90. The number of carboxylic acids is 1. The maximum Gasteiger partial charge on any atom is 0.307 e. The first-order valence-electron chi connectivity index (χ1n) is 3.68. The van der Waals surface area contributed by atoms with Crippen LogP contribution in [0.15, 0.2) is 24.3 Å². The van der Waals surface area contributed by atoms with Gasteiger partial charge in [0.15, 0.2) is 0 Å². The van der Waals surface area contributed by atoms with Crippen molar-refractivity contribution in [2.75, 3.05) is 0 Å². The summed E-state index contributed by atoms with van der Waals surface area (Å²) in [6.45, 7) is 5.63. The summed E-state index contributed by atoms with van der Waals surface area (Å²) in [5.74, 6) is -0.942. The molecule has 0 spiro atoms. The molecule has 0 aromatic heterocycles. The Hall–Kier alpha value is -1.05. The minimum Gasteiger partial charge on any atom is -0.481 e. The SMILES string of the molecule is C=C(C)C1C=CCC1C(=O)O. The van der Waals surface area contributed by atoms with E-state index >= 15 is 0 Å². The normalized spacial score (nSPS) is 28.8. The molecule has 0 bridgehead atoms. The van der Waals surface area contributed by atoms with Crippen molar-refractivity contribution in [3.05, 3.63) is 24.3 Å². The van der Waals surface area contributed by atoms with Gasteiger partial charge in [-0.15, -0.1) is 0 Å². The molecule has 0 aromatic rings. The molecular formula is C9H12O2. The molecule has 0 amide bonds. The van der Waals surface area contributed by atoms with Crippen LogP contribution in [0.4, 0.5) is 0 Å². The summed E-state index contributed by atoms with van der Waals surface area (Å²) in [5.41, 5.74) is 0.936. The highest BCUT2D eigenvalue weighted by atomic mass is 16.4. The minimum atomic E-state index is -0.719. The van der Waals surface area contributed by atoms with Crippen molar-refractivity contribution >= 4 is 5.97 Å².